The van der Waals surface area contributed by atoms with E-state index in [0.717, 1.165) is 29.5 Å². The van der Waals surface area contributed by atoms with Gasteiger partial charge in [-0.3, -0.25) is 0 Å². The van der Waals surface area contributed by atoms with Crippen molar-refractivity contribution in [1.82, 2.24) is 4.98 Å². The molecular formula is C14H23N3. The van der Waals surface area contributed by atoms with Crippen LogP contribution in [0.15, 0.2) is 12.3 Å². The van der Waals surface area contributed by atoms with Gasteiger partial charge >= 0.3 is 0 Å². The van der Waals surface area contributed by atoms with Crippen molar-refractivity contribution in [2.75, 3.05) is 17.2 Å². The number of nitrogen functional groups attached to an aromatic ring is 1. The molecule has 0 unspecified atom stereocenters. The van der Waals surface area contributed by atoms with Gasteiger partial charge in [-0.15, -0.1) is 0 Å². The molecular weight excluding hydrogens is 210 g/mol. The summed E-state index contributed by atoms with van der Waals surface area (Å²) < 4.78 is 0. The quantitative estimate of drug-likeness (QED) is 0.850. The van der Waals surface area contributed by atoms with Crippen LogP contribution in [0.5, 0.6) is 0 Å². The fourth-order valence-corrected chi connectivity index (χ4v) is 1.98. The SMILES string of the molecule is Cc1cc(N(CCC(C)C)C2CC2)ncc1N. The Balaban J connectivity index is 2.11. The summed E-state index contributed by atoms with van der Waals surface area (Å²) in [6, 6.07) is 2.83. The third-order valence-corrected chi connectivity index (χ3v) is 3.37. The molecule has 1 aliphatic rings. The maximum Gasteiger partial charge on any atom is 0.129 e. The maximum atomic E-state index is 5.82. The van der Waals surface area contributed by atoms with Gasteiger partial charge in [0.1, 0.15) is 5.82 Å². The molecule has 0 aliphatic heterocycles. The highest BCUT2D eigenvalue weighted by molar-refractivity contribution is 5.53. The topological polar surface area (TPSA) is 42.2 Å². The number of nitrogens with two attached hydrogens (primary N) is 1. The zero-order valence-electron chi connectivity index (χ0n) is 11.1. The number of anilines is 2. The van der Waals surface area contributed by atoms with Crippen molar-refractivity contribution in [3.05, 3.63) is 17.8 Å². The summed E-state index contributed by atoms with van der Waals surface area (Å²) in [4.78, 5) is 6.93. The number of rotatable bonds is 5. The van der Waals surface area contributed by atoms with Gasteiger partial charge in [-0.25, -0.2) is 4.98 Å². The van der Waals surface area contributed by atoms with Crippen LogP contribution in [0.2, 0.25) is 0 Å². The molecule has 0 saturated heterocycles. The molecule has 0 amide bonds. The first kappa shape index (κ1) is 12.2. The molecule has 1 heterocycles. The first-order chi connectivity index (χ1) is 8.08. The van der Waals surface area contributed by atoms with E-state index in [1.54, 1.807) is 6.20 Å². The molecule has 1 aliphatic carbocycles. The van der Waals surface area contributed by atoms with E-state index in [1.165, 1.54) is 19.3 Å². The van der Waals surface area contributed by atoms with Gasteiger partial charge in [0.05, 0.1) is 11.9 Å². The lowest BCUT2D eigenvalue weighted by molar-refractivity contribution is 0.568. The Morgan fingerprint density at radius 2 is 2.18 bits per heavy atom. The fraction of sp³-hybridized carbons (Fsp3) is 0.643. The van der Waals surface area contributed by atoms with E-state index in [-0.39, 0.29) is 0 Å². The molecule has 1 aromatic rings. The summed E-state index contributed by atoms with van der Waals surface area (Å²) in [5.41, 5.74) is 7.74. The Morgan fingerprint density at radius 1 is 1.47 bits per heavy atom. The smallest absolute Gasteiger partial charge is 0.129 e. The van der Waals surface area contributed by atoms with Crippen LogP contribution >= 0.6 is 0 Å². The lowest BCUT2D eigenvalue weighted by atomic mass is 10.1. The number of aryl methyl sites for hydroxylation is 1. The van der Waals surface area contributed by atoms with Crippen LogP contribution in [0.1, 0.15) is 38.7 Å². The summed E-state index contributed by atoms with van der Waals surface area (Å²) in [5.74, 6) is 1.84. The first-order valence-corrected chi connectivity index (χ1v) is 6.56. The van der Waals surface area contributed by atoms with Gasteiger partial charge in [0.15, 0.2) is 0 Å². The fourth-order valence-electron chi connectivity index (χ4n) is 1.98. The Kier molecular flexibility index (Phi) is 3.55. The molecule has 2 rings (SSSR count). The minimum absolute atomic E-state index is 0.712. The molecule has 3 nitrogen and oxygen atoms in total. The van der Waals surface area contributed by atoms with Gasteiger partial charge < -0.3 is 10.6 Å². The van der Waals surface area contributed by atoms with Crippen molar-refractivity contribution in [2.45, 2.75) is 46.1 Å². The predicted molar refractivity (Wildman–Crippen MR) is 73.2 cm³/mol. The Hall–Kier alpha value is -1.25. The minimum atomic E-state index is 0.712. The van der Waals surface area contributed by atoms with Crippen LogP contribution in [-0.2, 0) is 0 Å². The number of pyridine rings is 1. The number of nitrogens with zero attached hydrogens (tertiary/aromatic N) is 2. The van der Waals surface area contributed by atoms with Crippen LogP contribution < -0.4 is 10.6 Å². The van der Waals surface area contributed by atoms with Crippen molar-refractivity contribution >= 4 is 11.5 Å². The highest BCUT2D eigenvalue weighted by Gasteiger charge is 2.29. The maximum absolute atomic E-state index is 5.82. The van der Waals surface area contributed by atoms with E-state index in [0.29, 0.717) is 6.04 Å². The summed E-state index contributed by atoms with van der Waals surface area (Å²) in [7, 11) is 0. The standard InChI is InChI=1S/C14H23N3/c1-10(2)6-7-17(12-4-5-12)14-8-11(3)13(15)9-16-14/h8-10,12H,4-7,15H2,1-3H3. The van der Waals surface area contributed by atoms with E-state index >= 15 is 0 Å². The third kappa shape index (κ3) is 3.11. The van der Waals surface area contributed by atoms with Crippen molar-refractivity contribution in [3.63, 3.8) is 0 Å². The van der Waals surface area contributed by atoms with Crippen molar-refractivity contribution in [3.8, 4) is 0 Å². The van der Waals surface area contributed by atoms with Crippen molar-refractivity contribution in [1.29, 1.82) is 0 Å². The monoisotopic (exact) mass is 233 g/mol. The molecule has 0 radical (unpaired) electrons. The molecule has 0 atom stereocenters. The van der Waals surface area contributed by atoms with E-state index < -0.39 is 0 Å². The minimum Gasteiger partial charge on any atom is -0.397 e. The van der Waals surface area contributed by atoms with Crippen LogP contribution in [0.25, 0.3) is 0 Å². The van der Waals surface area contributed by atoms with Crippen LogP contribution in [0.4, 0.5) is 11.5 Å². The normalized spacial score (nSPS) is 15.3. The molecule has 2 N–H and O–H groups in total. The molecule has 94 valence electrons. The molecule has 1 saturated carbocycles. The lowest BCUT2D eigenvalue weighted by Gasteiger charge is -2.25. The van der Waals surface area contributed by atoms with Crippen LogP contribution in [0.3, 0.4) is 0 Å². The zero-order chi connectivity index (χ0) is 12.4. The highest BCUT2D eigenvalue weighted by Crippen LogP contribution is 2.32. The molecule has 0 aromatic carbocycles. The zero-order valence-corrected chi connectivity index (χ0v) is 11.1. The highest BCUT2D eigenvalue weighted by atomic mass is 15.2. The summed E-state index contributed by atoms with van der Waals surface area (Å²) in [5, 5.41) is 0. The van der Waals surface area contributed by atoms with Gasteiger partial charge in [0, 0.05) is 12.6 Å². The number of aromatic nitrogens is 1. The van der Waals surface area contributed by atoms with Crippen molar-refractivity contribution < 1.29 is 0 Å². The Morgan fingerprint density at radius 3 is 2.71 bits per heavy atom. The second kappa shape index (κ2) is 4.94. The van der Waals surface area contributed by atoms with Crippen LogP contribution in [-0.4, -0.2) is 17.6 Å². The molecule has 17 heavy (non-hydrogen) atoms. The molecule has 0 bridgehead atoms. The summed E-state index contributed by atoms with van der Waals surface area (Å²) >= 11 is 0. The average Bonchev–Trinajstić information content (AvgIpc) is 3.07. The van der Waals surface area contributed by atoms with Gasteiger partial charge in [-0.1, -0.05) is 13.8 Å². The van der Waals surface area contributed by atoms with Gasteiger partial charge in [0.2, 0.25) is 0 Å². The summed E-state index contributed by atoms with van der Waals surface area (Å²) in [6.45, 7) is 7.70. The second-order valence-electron chi connectivity index (χ2n) is 5.51. The van der Waals surface area contributed by atoms with Crippen molar-refractivity contribution in [2.24, 2.45) is 5.92 Å². The van der Waals surface area contributed by atoms with E-state index in [9.17, 15) is 0 Å². The van der Waals surface area contributed by atoms with Crippen LogP contribution in [0, 0.1) is 12.8 Å². The van der Waals surface area contributed by atoms with E-state index in [2.05, 4.69) is 29.8 Å². The molecule has 1 aromatic heterocycles. The number of hydrogen-bond donors (Lipinski definition) is 1. The van der Waals surface area contributed by atoms with E-state index in [1.807, 2.05) is 6.92 Å². The Labute approximate surface area is 104 Å². The number of hydrogen-bond acceptors (Lipinski definition) is 3. The largest absolute Gasteiger partial charge is 0.397 e. The third-order valence-electron chi connectivity index (χ3n) is 3.37. The first-order valence-electron chi connectivity index (χ1n) is 6.56. The summed E-state index contributed by atoms with van der Waals surface area (Å²) in [6.07, 6.45) is 5.63. The molecule has 3 heteroatoms. The predicted octanol–water partition coefficient (Wildman–Crippen LogP) is 2.99. The Bertz CT molecular complexity index is 383. The molecule has 1 fully saturated rings. The average molecular weight is 233 g/mol. The molecule has 0 spiro atoms. The van der Waals surface area contributed by atoms with Gasteiger partial charge in [-0.2, -0.15) is 0 Å². The lowest BCUT2D eigenvalue weighted by Crippen LogP contribution is -2.28. The van der Waals surface area contributed by atoms with Gasteiger partial charge in [-0.05, 0) is 43.7 Å². The van der Waals surface area contributed by atoms with Gasteiger partial charge in [0.25, 0.3) is 0 Å². The van der Waals surface area contributed by atoms with E-state index in [4.69, 9.17) is 5.73 Å². The second-order valence-corrected chi connectivity index (χ2v) is 5.51.